The number of nitrogens with two attached hydrogens (primary N) is 1. The lowest BCUT2D eigenvalue weighted by atomic mass is 9.93. The molecule has 0 spiro atoms. The molecule has 0 unspecified atom stereocenters. The van der Waals surface area contributed by atoms with E-state index >= 15 is 0 Å². The van der Waals surface area contributed by atoms with Crippen LogP contribution in [0.15, 0.2) is 24.3 Å². The van der Waals surface area contributed by atoms with Gasteiger partial charge >= 0.3 is 0 Å². The molecule has 1 aromatic rings. The summed E-state index contributed by atoms with van der Waals surface area (Å²) in [5, 5.41) is 0. The van der Waals surface area contributed by atoms with Crippen LogP contribution in [0.2, 0.25) is 0 Å². The van der Waals surface area contributed by atoms with Crippen molar-refractivity contribution in [2.24, 2.45) is 5.73 Å². The SMILES string of the molecule is N[C@@H]1CCN([C@@H]2CCC[C@@H]2c2ccc(F)cc2)C1. The van der Waals surface area contributed by atoms with Crippen LogP contribution < -0.4 is 5.73 Å². The van der Waals surface area contributed by atoms with E-state index in [0.29, 0.717) is 18.0 Å². The molecule has 18 heavy (non-hydrogen) atoms. The second kappa shape index (κ2) is 4.98. The highest BCUT2D eigenvalue weighted by atomic mass is 19.1. The zero-order chi connectivity index (χ0) is 12.5. The predicted octanol–water partition coefficient (Wildman–Crippen LogP) is 2.49. The molecule has 2 N–H and O–H groups in total. The van der Waals surface area contributed by atoms with Crippen molar-refractivity contribution in [3.05, 3.63) is 35.6 Å². The number of hydrogen-bond acceptors (Lipinski definition) is 2. The third-order valence-electron chi connectivity index (χ3n) is 4.50. The molecule has 98 valence electrons. The number of likely N-dealkylation sites (tertiary alicyclic amines) is 1. The Kier molecular flexibility index (Phi) is 3.35. The summed E-state index contributed by atoms with van der Waals surface area (Å²) in [5.74, 6) is 0.424. The summed E-state index contributed by atoms with van der Waals surface area (Å²) in [7, 11) is 0. The number of hydrogen-bond donors (Lipinski definition) is 1. The molecule has 0 bridgehead atoms. The monoisotopic (exact) mass is 248 g/mol. The second-order valence-electron chi connectivity index (χ2n) is 5.70. The number of benzene rings is 1. The Labute approximate surface area is 108 Å². The van der Waals surface area contributed by atoms with Gasteiger partial charge in [-0.25, -0.2) is 4.39 Å². The fourth-order valence-corrected chi connectivity index (χ4v) is 3.59. The molecule has 2 aliphatic rings. The van der Waals surface area contributed by atoms with Gasteiger partial charge in [0.25, 0.3) is 0 Å². The first kappa shape index (κ1) is 12.1. The zero-order valence-electron chi connectivity index (χ0n) is 10.7. The van der Waals surface area contributed by atoms with Gasteiger partial charge < -0.3 is 5.73 Å². The van der Waals surface area contributed by atoms with E-state index in [4.69, 9.17) is 5.73 Å². The predicted molar refractivity (Wildman–Crippen MR) is 70.9 cm³/mol. The van der Waals surface area contributed by atoms with Crippen molar-refractivity contribution in [2.75, 3.05) is 13.1 Å². The molecule has 1 aromatic carbocycles. The molecule has 2 fully saturated rings. The third-order valence-corrected chi connectivity index (χ3v) is 4.50. The molecule has 3 rings (SSSR count). The lowest BCUT2D eigenvalue weighted by molar-refractivity contribution is 0.225. The minimum absolute atomic E-state index is 0.142. The van der Waals surface area contributed by atoms with Crippen LogP contribution >= 0.6 is 0 Å². The molecule has 1 saturated carbocycles. The molecule has 1 saturated heterocycles. The summed E-state index contributed by atoms with van der Waals surface area (Å²) >= 11 is 0. The van der Waals surface area contributed by atoms with Crippen molar-refractivity contribution in [3.8, 4) is 0 Å². The van der Waals surface area contributed by atoms with Gasteiger partial charge in [-0.05, 0) is 42.9 Å². The van der Waals surface area contributed by atoms with E-state index in [-0.39, 0.29) is 5.82 Å². The largest absolute Gasteiger partial charge is 0.326 e. The van der Waals surface area contributed by atoms with Crippen LogP contribution in [0.25, 0.3) is 0 Å². The summed E-state index contributed by atoms with van der Waals surface area (Å²) in [5.41, 5.74) is 7.30. The van der Waals surface area contributed by atoms with Crippen molar-refractivity contribution < 1.29 is 4.39 Å². The summed E-state index contributed by atoms with van der Waals surface area (Å²) in [6, 6.07) is 8.03. The molecule has 0 amide bonds. The van der Waals surface area contributed by atoms with Crippen molar-refractivity contribution in [2.45, 2.75) is 43.7 Å². The summed E-state index contributed by atoms with van der Waals surface area (Å²) in [4.78, 5) is 2.55. The topological polar surface area (TPSA) is 29.3 Å². The van der Waals surface area contributed by atoms with Gasteiger partial charge in [0.05, 0.1) is 0 Å². The smallest absolute Gasteiger partial charge is 0.123 e. The van der Waals surface area contributed by atoms with Gasteiger partial charge in [0, 0.05) is 25.2 Å². The normalized spacial score (nSPS) is 33.1. The van der Waals surface area contributed by atoms with Crippen molar-refractivity contribution in [3.63, 3.8) is 0 Å². The maximum Gasteiger partial charge on any atom is 0.123 e. The fourth-order valence-electron chi connectivity index (χ4n) is 3.59. The molecule has 1 aliphatic heterocycles. The van der Waals surface area contributed by atoms with Gasteiger partial charge in [-0.3, -0.25) is 4.90 Å². The van der Waals surface area contributed by atoms with Gasteiger partial charge in [0.2, 0.25) is 0 Å². The maximum absolute atomic E-state index is 13.0. The lowest BCUT2D eigenvalue weighted by Crippen LogP contribution is -2.37. The average molecular weight is 248 g/mol. The first-order chi connectivity index (χ1) is 8.74. The quantitative estimate of drug-likeness (QED) is 0.871. The van der Waals surface area contributed by atoms with E-state index in [1.54, 1.807) is 12.1 Å². The van der Waals surface area contributed by atoms with E-state index in [1.165, 1.54) is 24.8 Å². The van der Waals surface area contributed by atoms with E-state index in [2.05, 4.69) is 4.90 Å². The molecular formula is C15H21FN2. The zero-order valence-corrected chi connectivity index (χ0v) is 10.7. The highest BCUT2D eigenvalue weighted by Gasteiger charge is 2.35. The minimum atomic E-state index is -0.142. The Morgan fingerprint density at radius 1 is 1.11 bits per heavy atom. The Morgan fingerprint density at radius 3 is 2.56 bits per heavy atom. The molecule has 1 heterocycles. The Bertz CT molecular complexity index is 403. The second-order valence-corrected chi connectivity index (χ2v) is 5.70. The van der Waals surface area contributed by atoms with E-state index in [0.717, 1.165) is 19.5 Å². The third kappa shape index (κ3) is 2.29. The number of rotatable bonds is 2. The first-order valence-electron chi connectivity index (χ1n) is 6.99. The van der Waals surface area contributed by atoms with E-state index in [1.807, 2.05) is 12.1 Å². The summed E-state index contributed by atoms with van der Waals surface area (Å²) in [6.07, 6.45) is 4.88. The standard InChI is InChI=1S/C15H21FN2/c16-12-6-4-11(5-7-12)14-2-1-3-15(14)18-9-8-13(17)10-18/h4-7,13-15H,1-3,8-10,17H2/t13-,14-,15-/m1/s1. The molecule has 3 heteroatoms. The van der Waals surface area contributed by atoms with Crippen LogP contribution in [0, 0.1) is 5.82 Å². The Morgan fingerprint density at radius 2 is 1.89 bits per heavy atom. The fraction of sp³-hybridized carbons (Fsp3) is 0.600. The van der Waals surface area contributed by atoms with Gasteiger partial charge in [0.1, 0.15) is 5.82 Å². The van der Waals surface area contributed by atoms with Crippen LogP contribution in [0.3, 0.4) is 0 Å². The maximum atomic E-state index is 13.0. The Balaban J connectivity index is 1.76. The Hall–Kier alpha value is -0.930. The summed E-state index contributed by atoms with van der Waals surface area (Å²) < 4.78 is 13.0. The van der Waals surface area contributed by atoms with Crippen LogP contribution in [-0.2, 0) is 0 Å². The van der Waals surface area contributed by atoms with Crippen LogP contribution in [0.1, 0.15) is 37.2 Å². The minimum Gasteiger partial charge on any atom is -0.326 e. The average Bonchev–Trinajstić information content (AvgIpc) is 2.98. The highest BCUT2D eigenvalue weighted by molar-refractivity contribution is 5.23. The van der Waals surface area contributed by atoms with Gasteiger partial charge in [0.15, 0.2) is 0 Å². The van der Waals surface area contributed by atoms with Gasteiger partial charge in [-0.15, -0.1) is 0 Å². The number of halogens is 1. The molecule has 2 nitrogen and oxygen atoms in total. The first-order valence-corrected chi connectivity index (χ1v) is 6.99. The van der Waals surface area contributed by atoms with Crippen molar-refractivity contribution in [1.29, 1.82) is 0 Å². The van der Waals surface area contributed by atoms with Crippen molar-refractivity contribution in [1.82, 2.24) is 4.90 Å². The molecule has 0 aromatic heterocycles. The molecule has 3 atom stereocenters. The molecule has 1 aliphatic carbocycles. The lowest BCUT2D eigenvalue weighted by Gasteiger charge is -2.29. The molecular weight excluding hydrogens is 227 g/mol. The highest BCUT2D eigenvalue weighted by Crippen LogP contribution is 2.38. The van der Waals surface area contributed by atoms with Gasteiger partial charge in [-0.2, -0.15) is 0 Å². The van der Waals surface area contributed by atoms with Gasteiger partial charge in [-0.1, -0.05) is 18.6 Å². The van der Waals surface area contributed by atoms with Crippen LogP contribution in [0.4, 0.5) is 4.39 Å². The van der Waals surface area contributed by atoms with Crippen LogP contribution in [0.5, 0.6) is 0 Å². The van der Waals surface area contributed by atoms with Crippen molar-refractivity contribution >= 4 is 0 Å². The van der Waals surface area contributed by atoms with E-state index < -0.39 is 0 Å². The summed E-state index contributed by atoms with van der Waals surface area (Å²) in [6.45, 7) is 2.16. The van der Waals surface area contributed by atoms with E-state index in [9.17, 15) is 4.39 Å². The number of nitrogens with zero attached hydrogens (tertiary/aromatic N) is 1. The molecule has 0 radical (unpaired) electrons. The van der Waals surface area contributed by atoms with Crippen LogP contribution in [-0.4, -0.2) is 30.1 Å².